The monoisotopic (exact) mass is 379 g/mol. The topological polar surface area (TPSA) is 84.6 Å². The molecular weight excluding hydrogens is 370 g/mol. The largest absolute Gasteiger partial charge is 0.281 e. The lowest BCUT2D eigenvalue weighted by atomic mass is 10.2. The second kappa shape index (κ2) is 7.62. The fourth-order valence-corrected chi connectivity index (χ4v) is 2.85. The molecule has 0 saturated carbocycles. The van der Waals surface area contributed by atoms with Crippen molar-refractivity contribution < 1.29 is 9.72 Å². The van der Waals surface area contributed by atoms with Crippen LogP contribution in [-0.2, 0) is 0 Å². The highest BCUT2D eigenvalue weighted by atomic mass is 79.9. The standard InChI is InChI=1S/C14H10BrN3O3S/c15-13-8-7-12(22-13)14(19)17-16-9-3-5-10-4-1-2-6-11(10)18(20)21/h1-9H,(H,17,19)/b5-3+,16-9?. The zero-order valence-corrected chi connectivity index (χ0v) is 13.5. The normalized spacial score (nSPS) is 11.1. The van der Waals surface area contributed by atoms with Crippen LogP contribution in [0.3, 0.4) is 0 Å². The molecule has 1 aromatic carbocycles. The average molecular weight is 380 g/mol. The number of carbonyl (C=O) groups is 1. The van der Waals surface area contributed by atoms with Gasteiger partial charge in [-0.1, -0.05) is 12.1 Å². The molecule has 1 amide bonds. The van der Waals surface area contributed by atoms with Crippen molar-refractivity contribution >= 4 is 51.2 Å². The van der Waals surface area contributed by atoms with Crippen LogP contribution in [0.15, 0.2) is 51.4 Å². The molecule has 6 nitrogen and oxygen atoms in total. The van der Waals surface area contributed by atoms with Gasteiger partial charge in [0.2, 0.25) is 0 Å². The van der Waals surface area contributed by atoms with Crippen molar-refractivity contribution in [3.8, 4) is 0 Å². The molecule has 8 heteroatoms. The van der Waals surface area contributed by atoms with Crippen molar-refractivity contribution in [3.63, 3.8) is 0 Å². The predicted octanol–water partition coefficient (Wildman–Crippen LogP) is 3.85. The second-order valence-corrected chi connectivity index (χ2v) is 6.46. The summed E-state index contributed by atoms with van der Waals surface area (Å²) in [6.07, 6.45) is 4.43. The molecule has 0 aliphatic carbocycles. The Balaban J connectivity index is 1.95. The van der Waals surface area contributed by atoms with Crippen molar-refractivity contribution in [2.24, 2.45) is 5.10 Å². The van der Waals surface area contributed by atoms with Gasteiger partial charge in [0, 0.05) is 12.3 Å². The molecule has 0 radical (unpaired) electrons. The van der Waals surface area contributed by atoms with Crippen molar-refractivity contribution in [3.05, 3.63) is 66.8 Å². The summed E-state index contributed by atoms with van der Waals surface area (Å²) >= 11 is 4.57. The van der Waals surface area contributed by atoms with E-state index in [0.717, 1.165) is 3.79 Å². The van der Waals surface area contributed by atoms with Gasteiger partial charge in [-0.15, -0.1) is 11.3 Å². The van der Waals surface area contributed by atoms with Crippen LogP contribution >= 0.6 is 27.3 Å². The summed E-state index contributed by atoms with van der Waals surface area (Å²) in [5, 5.41) is 14.6. The van der Waals surface area contributed by atoms with Gasteiger partial charge in [0.25, 0.3) is 11.6 Å². The van der Waals surface area contributed by atoms with E-state index in [2.05, 4.69) is 26.5 Å². The molecule has 0 saturated heterocycles. The van der Waals surface area contributed by atoms with E-state index < -0.39 is 4.92 Å². The van der Waals surface area contributed by atoms with Gasteiger partial charge in [-0.2, -0.15) is 5.10 Å². The van der Waals surface area contributed by atoms with E-state index in [1.807, 2.05) is 0 Å². The fraction of sp³-hybridized carbons (Fsp3) is 0. The third kappa shape index (κ3) is 4.34. The number of para-hydroxylation sites is 1. The lowest BCUT2D eigenvalue weighted by Crippen LogP contribution is -2.15. The minimum atomic E-state index is -0.451. The zero-order chi connectivity index (χ0) is 15.9. The zero-order valence-electron chi connectivity index (χ0n) is 11.1. The molecule has 0 bridgehead atoms. The van der Waals surface area contributed by atoms with Gasteiger partial charge in [0.1, 0.15) is 0 Å². The quantitative estimate of drug-likeness (QED) is 0.486. The number of hydrazone groups is 1. The Labute approximate surface area is 138 Å². The molecule has 2 rings (SSSR count). The van der Waals surface area contributed by atoms with E-state index in [0.29, 0.717) is 10.4 Å². The van der Waals surface area contributed by atoms with Crippen molar-refractivity contribution in [2.75, 3.05) is 0 Å². The van der Waals surface area contributed by atoms with Crippen molar-refractivity contribution in [1.82, 2.24) is 5.43 Å². The summed E-state index contributed by atoms with van der Waals surface area (Å²) in [5.41, 5.74) is 2.85. The number of nitro groups is 1. The summed E-state index contributed by atoms with van der Waals surface area (Å²) in [5.74, 6) is -0.314. The molecule has 22 heavy (non-hydrogen) atoms. The molecule has 1 aromatic heterocycles. The van der Waals surface area contributed by atoms with E-state index in [4.69, 9.17) is 0 Å². The minimum Gasteiger partial charge on any atom is -0.266 e. The molecule has 1 N–H and O–H groups in total. The van der Waals surface area contributed by atoms with Crippen LogP contribution in [0.2, 0.25) is 0 Å². The predicted molar refractivity (Wildman–Crippen MR) is 90.1 cm³/mol. The Morgan fingerprint density at radius 1 is 1.32 bits per heavy atom. The summed E-state index contributed by atoms with van der Waals surface area (Å²) < 4.78 is 0.859. The first kappa shape index (κ1) is 16.1. The van der Waals surface area contributed by atoms with E-state index >= 15 is 0 Å². The third-order valence-electron chi connectivity index (χ3n) is 2.53. The number of halogens is 1. The van der Waals surface area contributed by atoms with Crippen LogP contribution in [0, 0.1) is 10.1 Å². The Morgan fingerprint density at radius 3 is 2.77 bits per heavy atom. The molecular formula is C14H10BrN3O3S. The summed E-state index contributed by atoms with van der Waals surface area (Å²) in [6, 6.07) is 9.82. The van der Waals surface area contributed by atoms with Crippen molar-refractivity contribution in [2.45, 2.75) is 0 Å². The lowest BCUT2D eigenvalue weighted by molar-refractivity contribution is -0.385. The Kier molecular flexibility index (Phi) is 5.56. The smallest absolute Gasteiger partial charge is 0.266 e. The third-order valence-corrected chi connectivity index (χ3v) is 4.16. The van der Waals surface area contributed by atoms with E-state index in [1.54, 1.807) is 36.4 Å². The highest BCUT2D eigenvalue weighted by molar-refractivity contribution is 9.11. The second-order valence-electron chi connectivity index (χ2n) is 4.00. The van der Waals surface area contributed by atoms with Gasteiger partial charge in [-0.25, -0.2) is 5.43 Å². The number of nitrogens with zero attached hydrogens (tertiary/aromatic N) is 2. The highest BCUT2D eigenvalue weighted by Gasteiger charge is 2.09. The number of allylic oxidation sites excluding steroid dienone is 1. The SMILES string of the molecule is O=C(NN=C/C=C/c1ccccc1[N+](=O)[O-])c1ccc(Br)s1. The molecule has 1 heterocycles. The molecule has 0 aliphatic rings. The summed E-state index contributed by atoms with van der Waals surface area (Å²) in [7, 11) is 0. The Morgan fingerprint density at radius 2 is 2.09 bits per heavy atom. The first-order chi connectivity index (χ1) is 10.6. The first-order valence-corrected chi connectivity index (χ1v) is 7.67. The van der Waals surface area contributed by atoms with E-state index in [-0.39, 0.29) is 11.6 Å². The number of thiophene rings is 1. The molecule has 0 spiro atoms. The maximum absolute atomic E-state index is 11.7. The van der Waals surface area contributed by atoms with Crippen LogP contribution in [0.5, 0.6) is 0 Å². The maximum Gasteiger partial charge on any atom is 0.281 e. The first-order valence-electron chi connectivity index (χ1n) is 6.07. The van der Waals surface area contributed by atoms with Crippen LogP contribution < -0.4 is 5.43 Å². The number of rotatable bonds is 5. The van der Waals surface area contributed by atoms with Gasteiger partial charge >= 0.3 is 0 Å². The number of benzene rings is 1. The van der Waals surface area contributed by atoms with Crippen LogP contribution in [0.25, 0.3) is 6.08 Å². The van der Waals surface area contributed by atoms with Gasteiger partial charge in [0.15, 0.2) is 0 Å². The minimum absolute atomic E-state index is 0.0135. The summed E-state index contributed by atoms with van der Waals surface area (Å²) in [6.45, 7) is 0. The van der Waals surface area contributed by atoms with Crippen LogP contribution in [-0.4, -0.2) is 17.0 Å². The van der Waals surface area contributed by atoms with Gasteiger partial charge in [0.05, 0.1) is 19.2 Å². The molecule has 112 valence electrons. The Hall–Kier alpha value is -2.32. The number of hydrogen-bond acceptors (Lipinski definition) is 5. The van der Waals surface area contributed by atoms with Crippen LogP contribution in [0.1, 0.15) is 15.2 Å². The molecule has 0 unspecified atom stereocenters. The lowest BCUT2D eigenvalue weighted by Gasteiger charge is -1.95. The van der Waals surface area contributed by atoms with E-state index in [1.165, 1.54) is 29.7 Å². The average Bonchev–Trinajstić information content (AvgIpc) is 2.93. The molecule has 0 aliphatic heterocycles. The maximum atomic E-state index is 11.7. The summed E-state index contributed by atoms with van der Waals surface area (Å²) in [4.78, 5) is 22.6. The van der Waals surface area contributed by atoms with Gasteiger partial charge in [-0.05, 0) is 46.3 Å². The molecule has 0 atom stereocenters. The number of amides is 1. The number of nitro benzene ring substituents is 1. The van der Waals surface area contributed by atoms with Gasteiger partial charge in [-0.3, -0.25) is 14.9 Å². The van der Waals surface area contributed by atoms with Crippen LogP contribution in [0.4, 0.5) is 5.69 Å². The fourth-order valence-electron chi connectivity index (χ4n) is 1.57. The van der Waals surface area contributed by atoms with Gasteiger partial charge < -0.3 is 0 Å². The number of hydrogen-bond donors (Lipinski definition) is 1. The number of nitrogens with one attached hydrogen (secondary N) is 1. The molecule has 0 fully saturated rings. The Bertz CT molecular complexity index is 755. The highest BCUT2D eigenvalue weighted by Crippen LogP contribution is 2.21. The number of carbonyl (C=O) groups excluding carboxylic acids is 1. The van der Waals surface area contributed by atoms with Crippen molar-refractivity contribution in [1.29, 1.82) is 0 Å². The van der Waals surface area contributed by atoms with E-state index in [9.17, 15) is 14.9 Å². The molecule has 2 aromatic rings.